The molecular formula is C7H7ClN2O. The Labute approximate surface area is 69.6 Å². The maximum Gasteiger partial charge on any atom is 0.175 e. The van der Waals surface area contributed by atoms with Crippen molar-refractivity contribution in [2.75, 3.05) is 5.73 Å². The topological polar surface area (TPSA) is 52.0 Å². The summed E-state index contributed by atoms with van der Waals surface area (Å²) in [6.45, 7) is 0. The Kier molecular flexibility index (Phi) is 2.01. The normalized spacial score (nSPS) is 9.45. The largest absolute Gasteiger partial charge is 0.460 e. The maximum atomic E-state index is 5.57. The average Bonchev–Trinajstić information content (AvgIpc) is 2.36. The fourth-order valence-electron chi connectivity index (χ4n) is 0.894. The third kappa shape index (κ3) is 1.14. The van der Waals surface area contributed by atoms with Gasteiger partial charge in [-0.1, -0.05) is 0 Å². The quantitative estimate of drug-likeness (QED) is 0.656. The SMILES string of the molecule is Cl.Nc1ccnc2ccoc12. The maximum absolute atomic E-state index is 5.57. The van der Waals surface area contributed by atoms with Gasteiger partial charge in [-0.15, -0.1) is 12.4 Å². The summed E-state index contributed by atoms with van der Waals surface area (Å²) in [5.74, 6) is 0. The van der Waals surface area contributed by atoms with E-state index in [-0.39, 0.29) is 12.4 Å². The predicted molar refractivity (Wildman–Crippen MR) is 45.7 cm³/mol. The van der Waals surface area contributed by atoms with Gasteiger partial charge in [-0.3, -0.25) is 4.98 Å². The molecule has 2 aromatic heterocycles. The fraction of sp³-hybridized carbons (Fsp3) is 0. The zero-order valence-electron chi connectivity index (χ0n) is 5.65. The molecule has 0 spiro atoms. The van der Waals surface area contributed by atoms with Crippen LogP contribution < -0.4 is 5.73 Å². The van der Waals surface area contributed by atoms with E-state index in [1.807, 2.05) is 0 Å². The van der Waals surface area contributed by atoms with Crippen LogP contribution in [0.25, 0.3) is 11.1 Å². The number of nitrogens with zero attached hydrogens (tertiary/aromatic N) is 1. The van der Waals surface area contributed by atoms with Crippen molar-refractivity contribution in [2.45, 2.75) is 0 Å². The van der Waals surface area contributed by atoms with Crippen LogP contribution >= 0.6 is 12.4 Å². The molecule has 2 rings (SSSR count). The smallest absolute Gasteiger partial charge is 0.175 e. The van der Waals surface area contributed by atoms with E-state index in [1.165, 1.54) is 0 Å². The summed E-state index contributed by atoms with van der Waals surface area (Å²) in [6.07, 6.45) is 3.24. The third-order valence-electron chi connectivity index (χ3n) is 1.37. The molecule has 0 fully saturated rings. The molecule has 0 saturated heterocycles. The monoisotopic (exact) mass is 170 g/mol. The lowest BCUT2D eigenvalue weighted by molar-refractivity contribution is 0.617. The molecule has 4 heteroatoms. The van der Waals surface area contributed by atoms with Gasteiger partial charge in [0.05, 0.1) is 12.0 Å². The molecule has 0 radical (unpaired) electrons. The van der Waals surface area contributed by atoms with Crippen LogP contribution in [0.3, 0.4) is 0 Å². The van der Waals surface area contributed by atoms with Gasteiger partial charge in [0.2, 0.25) is 0 Å². The number of halogens is 1. The highest BCUT2D eigenvalue weighted by atomic mass is 35.5. The molecule has 0 bridgehead atoms. The van der Waals surface area contributed by atoms with Gasteiger partial charge in [0.15, 0.2) is 5.58 Å². The first-order valence-electron chi connectivity index (χ1n) is 2.95. The lowest BCUT2D eigenvalue weighted by Crippen LogP contribution is -1.84. The minimum absolute atomic E-state index is 0. The summed E-state index contributed by atoms with van der Waals surface area (Å²) in [4.78, 5) is 4.03. The molecule has 0 aliphatic rings. The van der Waals surface area contributed by atoms with E-state index in [4.69, 9.17) is 10.2 Å². The number of fused-ring (bicyclic) bond motifs is 1. The molecule has 0 aliphatic carbocycles. The first kappa shape index (κ1) is 7.88. The lowest BCUT2D eigenvalue weighted by Gasteiger charge is -1.90. The molecule has 0 aromatic carbocycles. The van der Waals surface area contributed by atoms with Crippen molar-refractivity contribution in [3.8, 4) is 0 Å². The number of furan rings is 1. The highest BCUT2D eigenvalue weighted by Crippen LogP contribution is 2.18. The van der Waals surface area contributed by atoms with E-state index in [2.05, 4.69) is 4.98 Å². The predicted octanol–water partition coefficient (Wildman–Crippen LogP) is 1.83. The number of rotatable bonds is 0. The van der Waals surface area contributed by atoms with E-state index < -0.39 is 0 Å². The molecular weight excluding hydrogens is 164 g/mol. The minimum Gasteiger partial charge on any atom is -0.460 e. The highest BCUT2D eigenvalue weighted by Gasteiger charge is 1.98. The van der Waals surface area contributed by atoms with E-state index in [9.17, 15) is 0 Å². The van der Waals surface area contributed by atoms with Crippen LogP contribution in [0.1, 0.15) is 0 Å². The summed E-state index contributed by atoms with van der Waals surface area (Å²) in [5, 5.41) is 0. The second-order valence-corrected chi connectivity index (χ2v) is 2.04. The molecule has 11 heavy (non-hydrogen) atoms. The molecule has 0 aliphatic heterocycles. The summed E-state index contributed by atoms with van der Waals surface area (Å²) in [7, 11) is 0. The lowest BCUT2D eigenvalue weighted by atomic mass is 10.3. The molecule has 0 atom stereocenters. The second-order valence-electron chi connectivity index (χ2n) is 2.04. The third-order valence-corrected chi connectivity index (χ3v) is 1.37. The van der Waals surface area contributed by atoms with Crippen molar-refractivity contribution >= 4 is 29.2 Å². The molecule has 2 N–H and O–H groups in total. The zero-order chi connectivity index (χ0) is 6.97. The van der Waals surface area contributed by atoms with Crippen LogP contribution in [0.4, 0.5) is 5.69 Å². The van der Waals surface area contributed by atoms with Gasteiger partial charge in [-0.05, 0) is 6.07 Å². The Bertz CT molecular complexity index is 358. The van der Waals surface area contributed by atoms with Crippen molar-refractivity contribution in [3.05, 3.63) is 24.6 Å². The van der Waals surface area contributed by atoms with Crippen molar-refractivity contribution in [3.63, 3.8) is 0 Å². The van der Waals surface area contributed by atoms with Crippen molar-refractivity contribution in [1.29, 1.82) is 0 Å². The molecule has 0 saturated carbocycles. The van der Waals surface area contributed by atoms with Crippen LogP contribution in [-0.4, -0.2) is 4.98 Å². The Balaban J connectivity index is 0.000000605. The summed E-state index contributed by atoms with van der Waals surface area (Å²) in [6, 6.07) is 3.50. The van der Waals surface area contributed by atoms with E-state index in [0.717, 1.165) is 5.52 Å². The Morgan fingerprint density at radius 1 is 1.36 bits per heavy atom. The Hall–Kier alpha value is -1.22. The number of pyridine rings is 1. The average molecular weight is 171 g/mol. The van der Waals surface area contributed by atoms with Crippen molar-refractivity contribution in [1.82, 2.24) is 4.98 Å². The van der Waals surface area contributed by atoms with Crippen LogP contribution in [0.5, 0.6) is 0 Å². The van der Waals surface area contributed by atoms with Gasteiger partial charge in [-0.25, -0.2) is 0 Å². The van der Waals surface area contributed by atoms with Gasteiger partial charge in [0, 0.05) is 12.3 Å². The zero-order valence-corrected chi connectivity index (χ0v) is 6.47. The molecule has 58 valence electrons. The summed E-state index contributed by atoms with van der Waals surface area (Å²) < 4.78 is 5.06. The number of aromatic nitrogens is 1. The minimum atomic E-state index is 0. The van der Waals surface area contributed by atoms with E-state index in [1.54, 1.807) is 24.6 Å². The number of anilines is 1. The number of hydrogen-bond donors (Lipinski definition) is 1. The molecule has 0 amide bonds. The Morgan fingerprint density at radius 2 is 2.18 bits per heavy atom. The second kappa shape index (κ2) is 2.80. The van der Waals surface area contributed by atoms with Gasteiger partial charge in [0.25, 0.3) is 0 Å². The highest BCUT2D eigenvalue weighted by molar-refractivity contribution is 5.85. The van der Waals surface area contributed by atoms with E-state index >= 15 is 0 Å². The number of nitrogen functional groups attached to an aromatic ring is 1. The fourth-order valence-corrected chi connectivity index (χ4v) is 0.894. The first-order chi connectivity index (χ1) is 4.88. The van der Waals surface area contributed by atoms with Crippen molar-refractivity contribution < 1.29 is 4.42 Å². The standard InChI is InChI=1S/C7H6N2O.ClH/c8-5-1-3-9-6-2-4-10-7(5)6;/h1-4H,(H2,8,9);1H. The van der Waals surface area contributed by atoms with Gasteiger partial charge in [0.1, 0.15) is 5.52 Å². The molecule has 2 aromatic rings. The number of nitrogens with two attached hydrogens (primary N) is 1. The van der Waals surface area contributed by atoms with Gasteiger partial charge < -0.3 is 10.2 Å². The van der Waals surface area contributed by atoms with E-state index in [0.29, 0.717) is 11.3 Å². The van der Waals surface area contributed by atoms with Gasteiger partial charge >= 0.3 is 0 Å². The molecule has 0 unspecified atom stereocenters. The van der Waals surface area contributed by atoms with Gasteiger partial charge in [-0.2, -0.15) is 0 Å². The Morgan fingerprint density at radius 3 is 2.91 bits per heavy atom. The van der Waals surface area contributed by atoms with Crippen molar-refractivity contribution in [2.24, 2.45) is 0 Å². The summed E-state index contributed by atoms with van der Waals surface area (Å²) >= 11 is 0. The van der Waals surface area contributed by atoms with Crippen LogP contribution in [-0.2, 0) is 0 Å². The number of hydrogen-bond acceptors (Lipinski definition) is 3. The van der Waals surface area contributed by atoms with Crippen LogP contribution in [0.15, 0.2) is 29.0 Å². The summed E-state index contributed by atoms with van der Waals surface area (Å²) in [5.41, 5.74) is 7.68. The first-order valence-corrected chi connectivity index (χ1v) is 2.95. The molecule has 2 heterocycles. The molecule has 3 nitrogen and oxygen atoms in total. The van der Waals surface area contributed by atoms with Crippen LogP contribution in [0, 0.1) is 0 Å². The van der Waals surface area contributed by atoms with Crippen LogP contribution in [0.2, 0.25) is 0 Å².